The van der Waals surface area contributed by atoms with Gasteiger partial charge in [-0.25, -0.2) is 0 Å². The van der Waals surface area contributed by atoms with Gasteiger partial charge in [-0.15, -0.1) is 0 Å². The highest BCUT2D eigenvalue weighted by Gasteiger charge is 2.11. The van der Waals surface area contributed by atoms with E-state index in [2.05, 4.69) is 64.4 Å². The zero-order valence-corrected chi connectivity index (χ0v) is 11.5. The van der Waals surface area contributed by atoms with Gasteiger partial charge in [0, 0.05) is 49.8 Å². The molecule has 2 heterocycles. The summed E-state index contributed by atoms with van der Waals surface area (Å²) >= 11 is 0. The second-order valence-corrected chi connectivity index (χ2v) is 5.30. The molecule has 1 fully saturated rings. The number of fused-ring (bicyclic) bond motifs is 1. The lowest BCUT2D eigenvalue weighted by Gasteiger charge is -2.31. The summed E-state index contributed by atoms with van der Waals surface area (Å²) in [5.74, 6) is 0. The summed E-state index contributed by atoms with van der Waals surface area (Å²) < 4.78 is 0. The molecule has 0 amide bonds. The number of para-hydroxylation sites is 1. The van der Waals surface area contributed by atoms with Crippen molar-refractivity contribution in [3.8, 4) is 0 Å². The van der Waals surface area contributed by atoms with Gasteiger partial charge in [-0.2, -0.15) is 0 Å². The van der Waals surface area contributed by atoms with Crippen LogP contribution in [0.2, 0.25) is 0 Å². The zero-order valence-electron chi connectivity index (χ0n) is 11.5. The first-order valence-electron chi connectivity index (χ1n) is 6.96. The summed E-state index contributed by atoms with van der Waals surface area (Å²) in [4.78, 5) is 8.20. The number of likely N-dealkylation sites (N-methyl/N-ethyl adjacent to an activating group) is 1. The van der Waals surface area contributed by atoms with Crippen LogP contribution in [0.25, 0.3) is 17.0 Å². The predicted octanol–water partition coefficient (Wildman–Crippen LogP) is 2.43. The second kappa shape index (κ2) is 5.59. The number of hydrogen-bond donors (Lipinski definition) is 1. The van der Waals surface area contributed by atoms with E-state index in [1.54, 1.807) is 0 Å². The second-order valence-electron chi connectivity index (χ2n) is 5.30. The summed E-state index contributed by atoms with van der Waals surface area (Å²) in [7, 11) is 2.19. The number of nitrogens with one attached hydrogen (secondary N) is 1. The highest BCUT2D eigenvalue weighted by molar-refractivity contribution is 5.88. The number of hydrogen-bond acceptors (Lipinski definition) is 2. The first-order chi connectivity index (χ1) is 9.33. The van der Waals surface area contributed by atoms with E-state index in [4.69, 9.17) is 0 Å². The van der Waals surface area contributed by atoms with Crippen LogP contribution in [-0.4, -0.2) is 54.6 Å². The van der Waals surface area contributed by atoms with E-state index < -0.39 is 0 Å². The summed E-state index contributed by atoms with van der Waals surface area (Å²) in [5, 5.41) is 1.30. The van der Waals surface area contributed by atoms with Gasteiger partial charge in [0.1, 0.15) is 0 Å². The van der Waals surface area contributed by atoms with Crippen molar-refractivity contribution in [2.24, 2.45) is 0 Å². The average Bonchev–Trinajstić information content (AvgIpc) is 2.85. The first-order valence-corrected chi connectivity index (χ1v) is 6.96. The predicted molar refractivity (Wildman–Crippen MR) is 81.3 cm³/mol. The van der Waals surface area contributed by atoms with Crippen molar-refractivity contribution in [2.45, 2.75) is 0 Å². The van der Waals surface area contributed by atoms with Crippen molar-refractivity contribution in [3.63, 3.8) is 0 Å². The Kier molecular flexibility index (Phi) is 3.67. The number of piperazine rings is 1. The number of aromatic amines is 1. The summed E-state index contributed by atoms with van der Waals surface area (Å²) in [6, 6.07) is 8.44. The molecule has 19 heavy (non-hydrogen) atoms. The van der Waals surface area contributed by atoms with Crippen LogP contribution in [0, 0.1) is 0 Å². The molecular weight excluding hydrogens is 234 g/mol. The molecule has 0 unspecified atom stereocenters. The third-order valence-corrected chi connectivity index (χ3v) is 3.88. The van der Waals surface area contributed by atoms with Crippen LogP contribution in [0.1, 0.15) is 5.56 Å². The van der Waals surface area contributed by atoms with E-state index in [0.29, 0.717) is 0 Å². The first kappa shape index (κ1) is 12.5. The van der Waals surface area contributed by atoms with Crippen molar-refractivity contribution < 1.29 is 0 Å². The molecule has 3 rings (SSSR count). The standard InChI is InChI=1S/C16H21N3/c1-18-9-11-19(12-10-18)8-4-5-14-13-17-16-7-3-2-6-15(14)16/h2-7,13,17H,8-12H2,1H3/b5-4+. The normalized spacial score (nSPS) is 18.6. The van der Waals surface area contributed by atoms with E-state index in [-0.39, 0.29) is 0 Å². The van der Waals surface area contributed by atoms with Crippen molar-refractivity contribution in [1.29, 1.82) is 0 Å². The number of H-pyrrole nitrogens is 1. The number of benzene rings is 1. The molecule has 1 saturated heterocycles. The number of nitrogens with zero attached hydrogens (tertiary/aromatic N) is 2. The van der Waals surface area contributed by atoms with Gasteiger partial charge in [-0.3, -0.25) is 4.90 Å². The molecule has 3 nitrogen and oxygen atoms in total. The largest absolute Gasteiger partial charge is 0.361 e. The van der Waals surface area contributed by atoms with Gasteiger partial charge in [0.15, 0.2) is 0 Å². The zero-order chi connectivity index (χ0) is 13.1. The summed E-state index contributed by atoms with van der Waals surface area (Å²) in [6.07, 6.45) is 6.60. The molecule has 0 saturated carbocycles. The molecule has 2 aromatic rings. The van der Waals surface area contributed by atoms with Crippen molar-refractivity contribution in [2.75, 3.05) is 39.8 Å². The highest BCUT2D eigenvalue weighted by atomic mass is 15.2. The molecule has 0 bridgehead atoms. The molecule has 0 spiro atoms. The van der Waals surface area contributed by atoms with E-state index in [1.165, 1.54) is 42.6 Å². The van der Waals surface area contributed by atoms with Gasteiger partial charge in [0.2, 0.25) is 0 Å². The van der Waals surface area contributed by atoms with Crippen LogP contribution in [0.5, 0.6) is 0 Å². The Morgan fingerprint density at radius 2 is 1.95 bits per heavy atom. The maximum absolute atomic E-state index is 3.31. The molecule has 1 N–H and O–H groups in total. The van der Waals surface area contributed by atoms with Gasteiger partial charge >= 0.3 is 0 Å². The Labute approximate surface area is 114 Å². The maximum atomic E-state index is 3.31. The van der Waals surface area contributed by atoms with Crippen molar-refractivity contribution >= 4 is 17.0 Å². The lowest BCUT2D eigenvalue weighted by Crippen LogP contribution is -2.44. The highest BCUT2D eigenvalue weighted by Crippen LogP contribution is 2.18. The number of aromatic nitrogens is 1. The van der Waals surface area contributed by atoms with E-state index >= 15 is 0 Å². The van der Waals surface area contributed by atoms with Crippen molar-refractivity contribution in [3.05, 3.63) is 42.1 Å². The minimum absolute atomic E-state index is 1.05. The summed E-state index contributed by atoms with van der Waals surface area (Å²) in [6.45, 7) is 5.76. The quantitative estimate of drug-likeness (QED) is 0.910. The molecular formula is C16H21N3. The van der Waals surface area contributed by atoms with Gasteiger partial charge in [0.25, 0.3) is 0 Å². The fraction of sp³-hybridized carbons (Fsp3) is 0.375. The Morgan fingerprint density at radius 1 is 1.16 bits per heavy atom. The van der Waals surface area contributed by atoms with Crippen molar-refractivity contribution in [1.82, 2.24) is 14.8 Å². The molecule has 100 valence electrons. The van der Waals surface area contributed by atoms with E-state index in [9.17, 15) is 0 Å². The molecule has 3 heteroatoms. The lowest BCUT2D eigenvalue weighted by atomic mass is 10.1. The molecule has 0 radical (unpaired) electrons. The Morgan fingerprint density at radius 3 is 2.79 bits per heavy atom. The fourth-order valence-corrected chi connectivity index (χ4v) is 2.59. The van der Waals surface area contributed by atoms with E-state index in [1.807, 2.05) is 0 Å². The van der Waals surface area contributed by atoms with Crippen LogP contribution >= 0.6 is 0 Å². The molecule has 1 aromatic heterocycles. The minimum atomic E-state index is 1.05. The van der Waals surface area contributed by atoms with Crippen LogP contribution in [0.3, 0.4) is 0 Å². The van der Waals surface area contributed by atoms with Crippen LogP contribution < -0.4 is 0 Å². The lowest BCUT2D eigenvalue weighted by molar-refractivity contribution is 0.167. The Bertz CT molecular complexity index is 562. The SMILES string of the molecule is CN1CCN(C/C=C/c2c[nH]c3ccccc23)CC1. The molecule has 0 aliphatic carbocycles. The van der Waals surface area contributed by atoms with Crippen LogP contribution in [-0.2, 0) is 0 Å². The third kappa shape index (κ3) is 2.88. The average molecular weight is 255 g/mol. The van der Waals surface area contributed by atoms with Gasteiger partial charge < -0.3 is 9.88 Å². The summed E-state index contributed by atoms with van der Waals surface area (Å²) in [5.41, 5.74) is 2.49. The van der Waals surface area contributed by atoms with Crippen LogP contribution in [0.4, 0.5) is 0 Å². The van der Waals surface area contributed by atoms with E-state index in [0.717, 1.165) is 6.54 Å². The molecule has 1 aliphatic heterocycles. The molecule has 1 aromatic carbocycles. The molecule has 1 aliphatic rings. The Hall–Kier alpha value is -1.58. The Balaban J connectivity index is 1.63. The van der Waals surface area contributed by atoms with Gasteiger partial charge in [-0.1, -0.05) is 30.4 Å². The minimum Gasteiger partial charge on any atom is -0.361 e. The maximum Gasteiger partial charge on any atom is 0.0460 e. The number of rotatable bonds is 3. The fourth-order valence-electron chi connectivity index (χ4n) is 2.59. The van der Waals surface area contributed by atoms with Gasteiger partial charge in [0.05, 0.1) is 0 Å². The monoisotopic (exact) mass is 255 g/mol. The van der Waals surface area contributed by atoms with Crippen LogP contribution in [0.15, 0.2) is 36.5 Å². The topological polar surface area (TPSA) is 22.3 Å². The smallest absolute Gasteiger partial charge is 0.0460 e. The van der Waals surface area contributed by atoms with Gasteiger partial charge in [-0.05, 0) is 18.7 Å². The molecule has 0 atom stereocenters. The third-order valence-electron chi connectivity index (χ3n) is 3.88.